The molecule has 0 aromatic carbocycles. The van der Waals surface area contributed by atoms with Gasteiger partial charge in [0.25, 0.3) is 0 Å². The number of hydrogen-bond acceptors (Lipinski definition) is 5. The van der Waals surface area contributed by atoms with Crippen LogP contribution in [-0.4, -0.2) is 59.3 Å². The van der Waals surface area contributed by atoms with Gasteiger partial charge in [0, 0.05) is 46.0 Å². The van der Waals surface area contributed by atoms with Crippen molar-refractivity contribution in [3.63, 3.8) is 0 Å². The number of aromatic nitrogens is 3. The summed E-state index contributed by atoms with van der Waals surface area (Å²) in [6.45, 7) is 4.74. The number of aryl methyl sites for hydroxylation is 1. The number of nitrogens with zero attached hydrogens (tertiary/aromatic N) is 4. The average Bonchev–Trinajstić information content (AvgIpc) is 2.98. The predicted molar refractivity (Wildman–Crippen MR) is 69.2 cm³/mol. The minimum Gasteiger partial charge on any atom is -0.383 e. The van der Waals surface area contributed by atoms with Gasteiger partial charge in [-0.2, -0.15) is 0 Å². The first-order valence-electron chi connectivity index (χ1n) is 6.58. The van der Waals surface area contributed by atoms with Crippen LogP contribution < -0.4 is 5.32 Å². The van der Waals surface area contributed by atoms with Crippen molar-refractivity contribution in [2.24, 2.45) is 7.05 Å². The monoisotopic (exact) mass is 253 g/mol. The zero-order chi connectivity index (χ0) is 12.8. The third-order valence-corrected chi connectivity index (χ3v) is 3.29. The summed E-state index contributed by atoms with van der Waals surface area (Å²) in [7, 11) is 3.64. The summed E-state index contributed by atoms with van der Waals surface area (Å²) in [4.78, 5) is 2.39. The van der Waals surface area contributed by atoms with Gasteiger partial charge in [0.05, 0.1) is 12.3 Å². The van der Waals surface area contributed by atoms with Gasteiger partial charge in [-0.3, -0.25) is 9.58 Å². The molecule has 2 heterocycles. The maximum atomic E-state index is 5.18. The van der Waals surface area contributed by atoms with E-state index in [4.69, 9.17) is 4.74 Å². The first-order chi connectivity index (χ1) is 8.78. The lowest BCUT2D eigenvalue weighted by molar-refractivity contribution is 0.137. The van der Waals surface area contributed by atoms with E-state index in [9.17, 15) is 0 Å². The van der Waals surface area contributed by atoms with Crippen LogP contribution in [-0.2, 0) is 18.3 Å². The molecule has 1 aromatic rings. The van der Waals surface area contributed by atoms with Gasteiger partial charge in [-0.1, -0.05) is 5.21 Å². The van der Waals surface area contributed by atoms with Crippen LogP contribution in [0.2, 0.25) is 0 Å². The first kappa shape index (κ1) is 13.5. The van der Waals surface area contributed by atoms with Crippen LogP contribution in [0.4, 0.5) is 0 Å². The molecule has 102 valence electrons. The zero-order valence-electron chi connectivity index (χ0n) is 11.3. The molecular formula is C12H23N5O. The van der Waals surface area contributed by atoms with E-state index in [-0.39, 0.29) is 0 Å². The van der Waals surface area contributed by atoms with Gasteiger partial charge < -0.3 is 10.1 Å². The Kier molecular flexibility index (Phi) is 5.10. The zero-order valence-corrected chi connectivity index (χ0v) is 11.3. The van der Waals surface area contributed by atoms with Gasteiger partial charge >= 0.3 is 0 Å². The number of hydrogen-bond donors (Lipinski definition) is 1. The van der Waals surface area contributed by atoms with E-state index >= 15 is 0 Å². The molecular weight excluding hydrogens is 230 g/mol. The molecule has 18 heavy (non-hydrogen) atoms. The van der Waals surface area contributed by atoms with Crippen molar-refractivity contribution in [3.05, 3.63) is 11.9 Å². The minimum atomic E-state index is 0.610. The van der Waals surface area contributed by atoms with Gasteiger partial charge in [-0.05, 0) is 19.4 Å². The second-order valence-corrected chi connectivity index (χ2v) is 4.90. The molecule has 1 atom stereocenters. The van der Waals surface area contributed by atoms with E-state index in [1.54, 1.807) is 11.8 Å². The summed E-state index contributed by atoms with van der Waals surface area (Å²) in [5.74, 6) is 0. The molecule has 0 bridgehead atoms. The van der Waals surface area contributed by atoms with E-state index in [0.29, 0.717) is 6.04 Å². The lowest BCUT2D eigenvalue weighted by Gasteiger charge is -2.24. The molecule has 1 saturated heterocycles. The quantitative estimate of drug-likeness (QED) is 0.742. The Morgan fingerprint density at radius 2 is 2.50 bits per heavy atom. The summed E-state index contributed by atoms with van der Waals surface area (Å²) >= 11 is 0. The third-order valence-electron chi connectivity index (χ3n) is 3.29. The number of rotatable bonds is 7. The maximum absolute atomic E-state index is 5.18. The van der Waals surface area contributed by atoms with Crippen molar-refractivity contribution in [1.82, 2.24) is 25.2 Å². The van der Waals surface area contributed by atoms with Crippen molar-refractivity contribution < 1.29 is 4.74 Å². The second kappa shape index (κ2) is 6.82. The molecule has 0 saturated carbocycles. The van der Waals surface area contributed by atoms with E-state index in [1.165, 1.54) is 12.8 Å². The van der Waals surface area contributed by atoms with Crippen LogP contribution in [0.25, 0.3) is 0 Å². The van der Waals surface area contributed by atoms with Crippen LogP contribution in [0.5, 0.6) is 0 Å². The summed E-state index contributed by atoms with van der Waals surface area (Å²) in [5.41, 5.74) is 1.02. The fourth-order valence-electron chi connectivity index (χ4n) is 2.38. The highest BCUT2D eigenvalue weighted by molar-refractivity contribution is 4.92. The summed E-state index contributed by atoms with van der Waals surface area (Å²) < 4.78 is 6.92. The van der Waals surface area contributed by atoms with Crippen LogP contribution in [0, 0.1) is 0 Å². The normalized spacial score (nSPS) is 19.8. The largest absolute Gasteiger partial charge is 0.383 e. The van der Waals surface area contributed by atoms with Crippen molar-refractivity contribution in [3.8, 4) is 0 Å². The predicted octanol–water partition coefficient (Wildman–Crippen LogP) is 0.0155. The van der Waals surface area contributed by atoms with Gasteiger partial charge in [0.2, 0.25) is 0 Å². The maximum Gasteiger partial charge on any atom is 0.0967 e. The fourth-order valence-corrected chi connectivity index (χ4v) is 2.38. The SMILES string of the molecule is COCCN(Cc1cn(C)nn1)CC1CCCN1. The molecule has 0 amide bonds. The Bertz CT molecular complexity index is 348. The number of nitrogens with one attached hydrogen (secondary N) is 1. The molecule has 1 unspecified atom stereocenters. The molecule has 1 aromatic heterocycles. The van der Waals surface area contributed by atoms with E-state index in [2.05, 4.69) is 20.5 Å². The van der Waals surface area contributed by atoms with Crippen molar-refractivity contribution in [1.29, 1.82) is 0 Å². The van der Waals surface area contributed by atoms with Gasteiger partial charge in [0.1, 0.15) is 0 Å². The molecule has 1 fully saturated rings. The summed E-state index contributed by atoms with van der Waals surface area (Å²) in [6.07, 6.45) is 4.53. The van der Waals surface area contributed by atoms with Crippen LogP contribution in [0.3, 0.4) is 0 Å². The molecule has 0 radical (unpaired) electrons. The summed E-state index contributed by atoms with van der Waals surface area (Å²) in [5, 5.41) is 11.7. The molecule has 6 nitrogen and oxygen atoms in total. The second-order valence-electron chi connectivity index (χ2n) is 4.90. The highest BCUT2D eigenvalue weighted by Crippen LogP contribution is 2.09. The Hall–Kier alpha value is -0.980. The Labute approximate surface area is 108 Å². The van der Waals surface area contributed by atoms with Crippen LogP contribution in [0.15, 0.2) is 6.20 Å². The van der Waals surface area contributed by atoms with E-state index in [0.717, 1.165) is 38.5 Å². The molecule has 0 spiro atoms. The van der Waals surface area contributed by atoms with Crippen LogP contribution in [0.1, 0.15) is 18.5 Å². The van der Waals surface area contributed by atoms with Crippen molar-refractivity contribution in [2.75, 3.05) is 33.4 Å². The van der Waals surface area contributed by atoms with Crippen molar-refractivity contribution in [2.45, 2.75) is 25.4 Å². The standard InChI is InChI=1S/C12H23N5O/c1-16-8-12(14-15-16)10-17(6-7-18-2)9-11-4-3-5-13-11/h8,11,13H,3-7,9-10H2,1-2H3. The highest BCUT2D eigenvalue weighted by atomic mass is 16.5. The smallest absolute Gasteiger partial charge is 0.0967 e. The topological polar surface area (TPSA) is 55.2 Å². The van der Waals surface area contributed by atoms with E-state index < -0.39 is 0 Å². The molecule has 2 rings (SSSR count). The fraction of sp³-hybridized carbons (Fsp3) is 0.833. The molecule has 0 aliphatic carbocycles. The lowest BCUT2D eigenvalue weighted by Crippen LogP contribution is -2.38. The number of ether oxygens (including phenoxy) is 1. The third kappa shape index (κ3) is 4.04. The molecule has 6 heteroatoms. The first-order valence-corrected chi connectivity index (χ1v) is 6.58. The minimum absolute atomic E-state index is 0.610. The Morgan fingerprint density at radius 1 is 1.61 bits per heavy atom. The lowest BCUT2D eigenvalue weighted by atomic mass is 10.2. The van der Waals surface area contributed by atoms with Crippen LogP contribution >= 0.6 is 0 Å². The highest BCUT2D eigenvalue weighted by Gasteiger charge is 2.18. The van der Waals surface area contributed by atoms with Crippen molar-refractivity contribution >= 4 is 0 Å². The average molecular weight is 253 g/mol. The molecule has 1 N–H and O–H groups in total. The van der Waals surface area contributed by atoms with Gasteiger partial charge in [0.15, 0.2) is 0 Å². The van der Waals surface area contributed by atoms with Gasteiger partial charge in [-0.15, -0.1) is 5.10 Å². The Balaban J connectivity index is 1.86. The number of methoxy groups -OCH3 is 1. The molecule has 1 aliphatic heterocycles. The van der Waals surface area contributed by atoms with Gasteiger partial charge in [-0.25, -0.2) is 0 Å². The summed E-state index contributed by atoms with van der Waals surface area (Å²) in [6, 6.07) is 0.610. The van der Waals surface area contributed by atoms with E-state index in [1.807, 2.05) is 13.2 Å². The molecule has 1 aliphatic rings. The Morgan fingerprint density at radius 3 is 3.11 bits per heavy atom.